The van der Waals surface area contributed by atoms with Gasteiger partial charge in [-0.3, -0.25) is 4.79 Å². The van der Waals surface area contributed by atoms with Gasteiger partial charge in [0.1, 0.15) is 0 Å². The van der Waals surface area contributed by atoms with Gasteiger partial charge in [-0.2, -0.15) is 26.3 Å². The van der Waals surface area contributed by atoms with E-state index in [9.17, 15) is 31.1 Å². The van der Waals surface area contributed by atoms with Crippen molar-refractivity contribution in [1.82, 2.24) is 10.6 Å². The summed E-state index contributed by atoms with van der Waals surface area (Å²) in [6, 6.07) is 20.5. The number of carbonyl (C=O) groups excluding carboxylic acids is 1. The van der Waals surface area contributed by atoms with E-state index >= 15 is 0 Å². The molecule has 1 unspecified atom stereocenters. The van der Waals surface area contributed by atoms with Crippen molar-refractivity contribution in [3.63, 3.8) is 0 Å². The molecule has 3 aromatic carbocycles. The van der Waals surface area contributed by atoms with Crippen LogP contribution >= 0.6 is 0 Å². The summed E-state index contributed by atoms with van der Waals surface area (Å²) in [7, 11) is 0. The number of rotatable bonds is 6. The van der Waals surface area contributed by atoms with E-state index in [1.807, 2.05) is 44.2 Å². The molecule has 234 valence electrons. The molecule has 0 radical (unpaired) electrons. The third kappa shape index (κ3) is 11.1. The fourth-order valence-electron chi connectivity index (χ4n) is 4.11. The highest BCUT2D eigenvalue weighted by atomic mass is 19.4. The highest BCUT2D eigenvalue weighted by Crippen LogP contribution is 2.25. The summed E-state index contributed by atoms with van der Waals surface area (Å²) in [5, 5.41) is 26.7. The minimum atomic E-state index is -5.08. The quantitative estimate of drug-likeness (QED) is 0.218. The monoisotopic (exact) mass is 615 g/mol. The van der Waals surface area contributed by atoms with E-state index in [-0.39, 0.29) is 11.9 Å². The Morgan fingerprint density at radius 3 is 2.07 bits per heavy atom. The largest absolute Gasteiger partial charge is 0.490 e. The summed E-state index contributed by atoms with van der Waals surface area (Å²) < 4.78 is 63.5. The van der Waals surface area contributed by atoms with Gasteiger partial charge in [-0.25, -0.2) is 9.59 Å². The van der Waals surface area contributed by atoms with E-state index in [4.69, 9.17) is 19.8 Å². The van der Waals surface area contributed by atoms with Gasteiger partial charge in [0.2, 0.25) is 0 Å². The summed E-state index contributed by atoms with van der Waals surface area (Å²) in [6.45, 7) is 7.13. The zero-order valence-corrected chi connectivity index (χ0v) is 23.1. The summed E-state index contributed by atoms with van der Waals surface area (Å²) in [4.78, 5) is 30.8. The number of hydrogen-bond donors (Lipinski definition) is 5. The molecule has 1 aliphatic heterocycles. The molecule has 0 aliphatic carbocycles. The lowest BCUT2D eigenvalue weighted by Gasteiger charge is -2.18. The van der Waals surface area contributed by atoms with E-state index in [2.05, 4.69) is 46.3 Å². The molecule has 1 aliphatic rings. The van der Waals surface area contributed by atoms with Crippen LogP contribution in [0.2, 0.25) is 0 Å². The average Bonchev–Trinajstić information content (AvgIpc) is 3.45. The summed E-state index contributed by atoms with van der Waals surface area (Å²) >= 11 is 0. The van der Waals surface area contributed by atoms with Crippen LogP contribution in [-0.2, 0) is 9.59 Å². The lowest BCUT2D eigenvalue weighted by molar-refractivity contribution is -0.193. The number of halogens is 6. The van der Waals surface area contributed by atoms with Crippen molar-refractivity contribution in [1.29, 1.82) is 0 Å². The van der Waals surface area contributed by atoms with Crippen LogP contribution in [0.5, 0.6) is 0 Å². The molecule has 14 heteroatoms. The maximum Gasteiger partial charge on any atom is 0.490 e. The molecule has 2 atom stereocenters. The SMILES string of the molecule is Cc1ccc(NCC2CCNC2)cc1C(=O)N[C@H](C)c1cccc2ccccc12.O=C(O)C(F)(F)F.O=C(O)C(F)(F)F. The molecule has 4 rings (SSSR count). The van der Waals surface area contributed by atoms with E-state index in [1.54, 1.807) is 0 Å². The van der Waals surface area contributed by atoms with E-state index < -0.39 is 24.3 Å². The minimum absolute atomic E-state index is 0.0332. The zero-order valence-electron chi connectivity index (χ0n) is 23.1. The smallest absolute Gasteiger partial charge is 0.475 e. The summed E-state index contributed by atoms with van der Waals surface area (Å²) in [5.74, 6) is -4.89. The maximum absolute atomic E-state index is 13.0. The van der Waals surface area contributed by atoms with Gasteiger partial charge in [-0.05, 0) is 73.3 Å². The first-order chi connectivity index (χ1) is 20.0. The Hall–Kier alpha value is -4.33. The standard InChI is InChI=1S/C25H29N3O.2C2HF3O2/c1-17-10-11-21(27-16-19-12-13-26-15-19)14-24(17)25(29)28-18(2)22-9-5-7-20-6-3-4-8-23(20)22;2*3-2(4,5)1(6)7/h3-11,14,18-19,26-27H,12-13,15-16H2,1-2H3,(H,28,29);2*(H,6,7)/t18-,19?;;/m1../s1. The van der Waals surface area contributed by atoms with Crippen LogP contribution in [0.25, 0.3) is 10.8 Å². The van der Waals surface area contributed by atoms with Crippen LogP contribution in [0, 0.1) is 12.8 Å². The summed E-state index contributed by atoms with van der Waals surface area (Å²) in [5.41, 5.74) is 3.86. The van der Waals surface area contributed by atoms with Gasteiger partial charge in [-0.15, -0.1) is 0 Å². The Morgan fingerprint density at radius 2 is 1.51 bits per heavy atom. The lowest BCUT2D eigenvalue weighted by atomic mass is 9.99. The van der Waals surface area contributed by atoms with Gasteiger partial charge in [-0.1, -0.05) is 48.5 Å². The van der Waals surface area contributed by atoms with Crippen LogP contribution < -0.4 is 16.0 Å². The number of benzene rings is 3. The fraction of sp³-hybridized carbons (Fsp3) is 0.345. The fourth-order valence-corrected chi connectivity index (χ4v) is 4.11. The molecule has 43 heavy (non-hydrogen) atoms. The van der Waals surface area contributed by atoms with E-state index in [1.165, 1.54) is 17.2 Å². The Kier molecular flexibility index (Phi) is 12.4. The van der Waals surface area contributed by atoms with Crippen molar-refractivity contribution >= 4 is 34.3 Å². The third-order valence-electron chi connectivity index (χ3n) is 6.36. The second-order valence-electron chi connectivity index (χ2n) is 9.64. The van der Waals surface area contributed by atoms with Crippen LogP contribution in [0.4, 0.5) is 32.0 Å². The third-order valence-corrected chi connectivity index (χ3v) is 6.36. The molecule has 1 amide bonds. The molecule has 0 saturated carbocycles. The molecule has 0 spiro atoms. The summed E-state index contributed by atoms with van der Waals surface area (Å²) in [6.07, 6.45) is -8.96. The Balaban J connectivity index is 0.000000384. The molecular formula is C29H31F6N3O5. The first kappa shape index (κ1) is 34.9. The predicted octanol–water partition coefficient (Wildman–Crippen LogP) is 5.93. The zero-order chi connectivity index (χ0) is 32.4. The number of carboxylic acid groups (broad SMARTS) is 2. The van der Waals surface area contributed by atoms with Crippen molar-refractivity contribution in [2.75, 3.05) is 25.0 Å². The van der Waals surface area contributed by atoms with Gasteiger partial charge in [0, 0.05) is 17.8 Å². The van der Waals surface area contributed by atoms with Crippen LogP contribution in [0.1, 0.15) is 40.9 Å². The van der Waals surface area contributed by atoms with Crippen LogP contribution in [0.3, 0.4) is 0 Å². The van der Waals surface area contributed by atoms with Gasteiger partial charge in [0.25, 0.3) is 5.91 Å². The number of hydrogen-bond acceptors (Lipinski definition) is 5. The van der Waals surface area contributed by atoms with Crippen molar-refractivity contribution in [3.8, 4) is 0 Å². The topological polar surface area (TPSA) is 128 Å². The number of amides is 1. The maximum atomic E-state index is 13.0. The Morgan fingerprint density at radius 1 is 0.930 bits per heavy atom. The first-order valence-electron chi connectivity index (χ1n) is 12.9. The first-order valence-corrected chi connectivity index (χ1v) is 12.9. The normalized spacial score (nSPS) is 15.3. The highest BCUT2D eigenvalue weighted by Gasteiger charge is 2.38. The van der Waals surface area contributed by atoms with Crippen LogP contribution in [-0.4, -0.2) is 60.0 Å². The molecule has 1 saturated heterocycles. The minimum Gasteiger partial charge on any atom is -0.475 e. The molecule has 8 nitrogen and oxygen atoms in total. The number of aryl methyl sites for hydroxylation is 1. The number of aliphatic carboxylic acids is 2. The second kappa shape index (κ2) is 15.2. The van der Waals surface area contributed by atoms with Gasteiger partial charge < -0.3 is 26.2 Å². The predicted molar refractivity (Wildman–Crippen MR) is 148 cm³/mol. The lowest BCUT2D eigenvalue weighted by Crippen LogP contribution is -2.27. The van der Waals surface area contributed by atoms with Crippen molar-refractivity contribution in [2.24, 2.45) is 5.92 Å². The van der Waals surface area contributed by atoms with Crippen LogP contribution in [0.15, 0.2) is 60.7 Å². The molecule has 1 fully saturated rings. The molecule has 5 N–H and O–H groups in total. The molecule has 3 aromatic rings. The number of carbonyl (C=O) groups is 3. The number of anilines is 1. The van der Waals surface area contributed by atoms with Gasteiger partial charge >= 0.3 is 24.3 Å². The average molecular weight is 616 g/mol. The number of nitrogens with one attached hydrogen (secondary N) is 3. The highest BCUT2D eigenvalue weighted by molar-refractivity contribution is 5.97. The molecular weight excluding hydrogens is 584 g/mol. The molecule has 1 heterocycles. The number of alkyl halides is 6. The Labute approximate surface area is 243 Å². The van der Waals surface area contributed by atoms with E-state index in [0.717, 1.165) is 42.0 Å². The van der Waals surface area contributed by atoms with E-state index in [0.29, 0.717) is 5.92 Å². The van der Waals surface area contributed by atoms with Crippen molar-refractivity contribution < 1.29 is 50.9 Å². The van der Waals surface area contributed by atoms with Crippen molar-refractivity contribution in [3.05, 3.63) is 77.4 Å². The molecule has 0 bridgehead atoms. The Bertz CT molecular complexity index is 1380. The van der Waals surface area contributed by atoms with Gasteiger partial charge in [0.05, 0.1) is 6.04 Å². The second-order valence-corrected chi connectivity index (χ2v) is 9.64. The number of carboxylic acids is 2. The number of fused-ring (bicyclic) bond motifs is 1. The molecule has 0 aromatic heterocycles. The van der Waals surface area contributed by atoms with Crippen molar-refractivity contribution in [2.45, 2.75) is 38.7 Å². The van der Waals surface area contributed by atoms with Gasteiger partial charge in [0.15, 0.2) is 0 Å².